The van der Waals surface area contributed by atoms with Crippen molar-refractivity contribution in [1.82, 2.24) is 4.90 Å². The molecule has 1 aliphatic heterocycles. The number of alkyl halides is 3. The highest BCUT2D eigenvalue weighted by Gasteiger charge is 2.36. The molecule has 1 unspecified atom stereocenters. The summed E-state index contributed by atoms with van der Waals surface area (Å²) in [7, 11) is 0. The van der Waals surface area contributed by atoms with Crippen molar-refractivity contribution >= 4 is 18.3 Å². The van der Waals surface area contributed by atoms with Gasteiger partial charge in [0.15, 0.2) is 0 Å². The van der Waals surface area contributed by atoms with Gasteiger partial charge >= 0.3 is 6.18 Å². The van der Waals surface area contributed by atoms with Gasteiger partial charge in [-0.15, -0.1) is 12.4 Å². The standard InChI is InChI=1S/C15H17F3N2O2.ClH/c16-15(17,18)12-5-2-1-4-11(12)13-10-20(8-9-22-13)14(21)6-3-7-19;/h1-6,13H,7-10,19H2;1H/b6-3+;. The Kier molecular flexibility index (Phi) is 7.05. The van der Waals surface area contributed by atoms with Gasteiger partial charge in [-0.2, -0.15) is 13.2 Å². The maximum atomic E-state index is 13.1. The molecule has 1 saturated heterocycles. The van der Waals surface area contributed by atoms with E-state index in [2.05, 4.69) is 0 Å². The molecule has 8 heteroatoms. The van der Waals surface area contributed by atoms with E-state index >= 15 is 0 Å². The number of carbonyl (C=O) groups excluding carboxylic acids is 1. The summed E-state index contributed by atoms with van der Waals surface area (Å²) in [6.07, 6.45) is -2.40. The first-order valence-electron chi connectivity index (χ1n) is 6.86. The van der Waals surface area contributed by atoms with E-state index in [0.717, 1.165) is 6.07 Å². The highest BCUT2D eigenvalue weighted by atomic mass is 35.5. The Morgan fingerprint density at radius 2 is 2.09 bits per heavy atom. The second kappa shape index (κ2) is 8.33. The van der Waals surface area contributed by atoms with Gasteiger partial charge in [0, 0.05) is 19.2 Å². The molecule has 23 heavy (non-hydrogen) atoms. The van der Waals surface area contributed by atoms with Crippen LogP contribution in [0.25, 0.3) is 0 Å². The monoisotopic (exact) mass is 350 g/mol. The molecule has 0 bridgehead atoms. The molecular weight excluding hydrogens is 333 g/mol. The fraction of sp³-hybridized carbons (Fsp3) is 0.400. The number of carbonyl (C=O) groups is 1. The van der Waals surface area contributed by atoms with Crippen LogP contribution in [0.1, 0.15) is 17.2 Å². The van der Waals surface area contributed by atoms with Crippen LogP contribution in [-0.2, 0) is 15.7 Å². The van der Waals surface area contributed by atoms with E-state index in [1.807, 2.05) is 0 Å². The predicted octanol–water partition coefficient (Wildman–Crippen LogP) is 2.54. The Balaban J connectivity index is 0.00000264. The van der Waals surface area contributed by atoms with Crippen molar-refractivity contribution in [3.8, 4) is 0 Å². The molecular formula is C15H18ClF3N2O2. The number of halogens is 4. The van der Waals surface area contributed by atoms with Gasteiger partial charge in [0.1, 0.15) is 6.10 Å². The van der Waals surface area contributed by atoms with Crippen molar-refractivity contribution in [3.63, 3.8) is 0 Å². The topological polar surface area (TPSA) is 55.6 Å². The molecule has 1 amide bonds. The molecule has 128 valence electrons. The third-order valence-corrected chi connectivity index (χ3v) is 3.39. The van der Waals surface area contributed by atoms with E-state index in [-0.39, 0.29) is 43.6 Å². The Morgan fingerprint density at radius 3 is 2.74 bits per heavy atom. The van der Waals surface area contributed by atoms with Gasteiger partial charge in [-0.25, -0.2) is 0 Å². The molecule has 1 heterocycles. The second-order valence-electron chi connectivity index (χ2n) is 4.87. The average molecular weight is 351 g/mol. The van der Waals surface area contributed by atoms with Gasteiger partial charge in [0.2, 0.25) is 5.91 Å². The number of nitrogens with zero attached hydrogens (tertiary/aromatic N) is 1. The van der Waals surface area contributed by atoms with E-state index in [0.29, 0.717) is 6.54 Å². The summed E-state index contributed by atoms with van der Waals surface area (Å²) in [5.74, 6) is -0.275. The van der Waals surface area contributed by atoms with Gasteiger partial charge in [-0.1, -0.05) is 24.3 Å². The molecule has 1 aromatic carbocycles. The van der Waals surface area contributed by atoms with Crippen LogP contribution in [-0.4, -0.2) is 37.0 Å². The summed E-state index contributed by atoms with van der Waals surface area (Å²) < 4.78 is 44.6. The Bertz CT molecular complexity index is 564. The second-order valence-corrected chi connectivity index (χ2v) is 4.87. The summed E-state index contributed by atoms with van der Waals surface area (Å²) in [5.41, 5.74) is 4.61. The van der Waals surface area contributed by atoms with E-state index in [1.165, 1.54) is 35.3 Å². The molecule has 4 nitrogen and oxygen atoms in total. The Labute approximate surface area is 138 Å². The molecule has 2 N–H and O–H groups in total. The van der Waals surface area contributed by atoms with Crippen molar-refractivity contribution in [2.24, 2.45) is 5.73 Å². The number of morpholine rings is 1. The molecule has 1 fully saturated rings. The van der Waals surface area contributed by atoms with E-state index in [4.69, 9.17) is 10.5 Å². The van der Waals surface area contributed by atoms with E-state index in [1.54, 1.807) is 0 Å². The fourth-order valence-corrected chi connectivity index (χ4v) is 2.35. The van der Waals surface area contributed by atoms with Crippen LogP contribution >= 0.6 is 12.4 Å². The molecule has 0 aliphatic carbocycles. The third-order valence-electron chi connectivity index (χ3n) is 3.39. The smallest absolute Gasteiger partial charge is 0.370 e. The highest BCUT2D eigenvalue weighted by molar-refractivity contribution is 5.87. The van der Waals surface area contributed by atoms with E-state index < -0.39 is 17.8 Å². The molecule has 0 radical (unpaired) electrons. The summed E-state index contributed by atoms with van der Waals surface area (Å²) in [6.45, 7) is 0.856. The molecule has 2 rings (SSSR count). The van der Waals surface area contributed by atoms with Crippen molar-refractivity contribution in [2.75, 3.05) is 26.2 Å². The number of benzene rings is 1. The van der Waals surface area contributed by atoms with Gasteiger partial charge in [0.05, 0.1) is 18.7 Å². The van der Waals surface area contributed by atoms with Crippen LogP contribution in [0.15, 0.2) is 36.4 Å². The van der Waals surface area contributed by atoms with Gasteiger partial charge < -0.3 is 15.4 Å². The van der Waals surface area contributed by atoms with Crippen molar-refractivity contribution in [3.05, 3.63) is 47.5 Å². The van der Waals surface area contributed by atoms with Crippen LogP contribution in [0, 0.1) is 0 Å². The van der Waals surface area contributed by atoms with Gasteiger partial charge in [-0.3, -0.25) is 4.79 Å². The quantitative estimate of drug-likeness (QED) is 0.852. The zero-order valence-electron chi connectivity index (χ0n) is 12.3. The van der Waals surface area contributed by atoms with E-state index in [9.17, 15) is 18.0 Å². The molecule has 1 aliphatic rings. The first-order chi connectivity index (χ1) is 10.4. The van der Waals surface area contributed by atoms with Crippen LogP contribution in [0.4, 0.5) is 13.2 Å². The van der Waals surface area contributed by atoms with Crippen LogP contribution in [0.3, 0.4) is 0 Å². The highest BCUT2D eigenvalue weighted by Crippen LogP contribution is 2.36. The largest absolute Gasteiger partial charge is 0.416 e. The van der Waals surface area contributed by atoms with Crippen LogP contribution in [0.2, 0.25) is 0 Å². The van der Waals surface area contributed by atoms with Crippen molar-refractivity contribution in [2.45, 2.75) is 12.3 Å². The minimum atomic E-state index is -4.45. The summed E-state index contributed by atoms with van der Waals surface area (Å²) in [4.78, 5) is 13.4. The minimum Gasteiger partial charge on any atom is -0.370 e. The van der Waals surface area contributed by atoms with Gasteiger partial charge in [0.25, 0.3) is 0 Å². The first-order valence-corrected chi connectivity index (χ1v) is 6.86. The normalized spacial score (nSPS) is 18.8. The van der Waals surface area contributed by atoms with Crippen molar-refractivity contribution in [1.29, 1.82) is 0 Å². The third kappa shape index (κ3) is 4.95. The number of hydrogen-bond acceptors (Lipinski definition) is 3. The maximum Gasteiger partial charge on any atom is 0.416 e. The summed E-state index contributed by atoms with van der Waals surface area (Å²) in [5, 5.41) is 0. The Hall–Kier alpha value is -1.57. The molecule has 0 saturated carbocycles. The zero-order valence-corrected chi connectivity index (χ0v) is 13.1. The summed E-state index contributed by atoms with van der Waals surface area (Å²) in [6, 6.07) is 5.27. The number of rotatable bonds is 3. The SMILES string of the molecule is Cl.NC/C=C/C(=O)N1CCOC(c2ccccc2C(F)(F)F)C1. The molecule has 1 atom stereocenters. The van der Waals surface area contributed by atoms with Crippen molar-refractivity contribution < 1.29 is 22.7 Å². The Morgan fingerprint density at radius 1 is 1.39 bits per heavy atom. The molecule has 0 aromatic heterocycles. The summed E-state index contributed by atoms with van der Waals surface area (Å²) >= 11 is 0. The molecule has 1 aromatic rings. The lowest BCUT2D eigenvalue weighted by molar-refractivity contribution is -0.141. The predicted molar refractivity (Wildman–Crippen MR) is 82.2 cm³/mol. The average Bonchev–Trinajstić information content (AvgIpc) is 2.52. The maximum absolute atomic E-state index is 13.1. The molecule has 0 spiro atoms. The fourth-order valence-electron chi connectivity index (χ4n) is 2.35. The van der Waals surface area contributed by atoms with Crippen LogP contribution < -0.4 is 5.73 Å². The number of ether oxygens (including phenoxy) is 1. The van der Waals surface area contributed by atoms with Crippen LogP contribution in [0.5, 0.6) is 0 Å². The first kappa shape index (κ1) is 19.5. The minimum absolute atomic E-state index is 0. The number of amides is 1. The van der Waals surface area contributed by atoms with Gasteiger partial charge in [-0.05, 0) is 11.6 Å². The lowest BCUT2D eigenvalue weighted by Gasteiger charge is -2.33. The zero-order chi connectivity index (χ0) is 16.2. The lowest BCUT2D eigenvalue weighted by Crippen LogP contribution is -2.42. The number of hydrogen-bond donors (Lipinski definition) is 1. The number of nitrogens with two attached hydrogens (primary N) is 1. The lowest BCUT2D eigenvalue weighted by atomic mass is 10.0.